The van der Waals surface area contributed by atoms with Crippen molar-refractivity contribution >= 4 is 0 Å². The minimum atomic E-state index is 0.393. The van der Waals surface area contributed by atoms with Crippen molar-refractivity contribution in [1.29, 1.82) is 0 Å². The predicted octanol–water partition coefficient (Wildman–Crippen LogP) is 1.74. The molecule has 0 aliphatic heterocycles. The molecular formula is C15H19N5. The highest BCUT2D eigenvalue weighted by Gasteiger charge is 2.44. The van der Waals surface area contributed by atoms with Crippen LogP contribution in [-0.4, -0.2) is 32.8 Å². The fourth-order valence-electron chi connectivity index (χ4n) is 2.66. The third-order valence-electron chi connectivity index (χ3n) is 4.37. The first kappa shape index (κ1) is 12.0. The molecule has 2 aliphatic rings. The first-order chi connectivity index (χ1) is 9.85. The normalized spacial score (nSPS) is 20.0. The number of rotatable bonds is 6. The lowest BCUT2D eigenvalue weighted by Gasteiger charge is -2.15. The van der Waals surface area contributed by atoms with E-state index in [1.54, 1.807) is 0 Å². The van der Waals surface area contributed by atoms with Crippen molar-refractivity contribution < 1.29 is 0 Å². The average molecular weight is 269 g/mol. The monoisotopic (exact) mass is 269 g/mol. The number of tetrazole rings is 1. The molecule has 1 aromatic carbocycles. The summed E-state index contributed by atoms with van der Waals surface area (Å²) in [6.07, 6.45) is 6.23. The van der Waals surface area contributed by atoms with Gasteiger partial charge in [-0.3, -0.25) is 0 Å². The van der Waals surface area contributed by atoms with Gasteiger partial charge in [0.15, 0.2) is 5.82 Å². The molecule has 1 aromatic heterocycles. The Kier molecular flexibility index (Phi) is 2.80. The summed E-state index contributed by atoms with van der Waals surface area (Å²) in [7, 11) is 0. The van der Waals surface area contributed by atoms with E-state index in [2.05, 4.69) is 20.8 Å². The van der Waals surface area contributed by atoms with E-state index in [1.165, 1.54) is 25.7 Å². The highest BCUT2D eigenvalue weighted by atomic mass is 15.5. The number of nitrogens with zero attached hydrogens (tertiary/aromatic N) is 4. The van der Waals surface area contributed by atoms with E-state index in [0.29, 0.717) is 5.41 Å². The summed E-state index contributed by atoms with van der Waals surface area (Å²) in [5.74, 6) is 0.978. The number of nitrogens with one attached hydrogen (secondary N) is 1. The lowest BCUT2D eigenvalue weighted by atomic mass is 10.0. The molecule has 4 rings (SSSR count). The third kappa shape index (κ3) is 2.45. The Morgan fingerprint density at radius 1 is 1.20 bits per heavy atom. The van der Waals surface area contributed by atoms with E-state index in [9.17, 15) is 0 Å². The molecule has 2 saturated carbocycles. The van der Waals surface area contributed by atoms with Crippen LogP contribution < -0.4 is 5.32 Å². The topological polar surface area (TPSA) is 55.6 Å². The summed E-state index contributed by atoms with van der Waals surface area (Å²) >= 11 is 0. The Labute approximate surface area is 118 Å². The van der Waals surface area contributed by atoms with E-state index in [-0.39, 0.29) is 0 Å². The number of para-hydroxylation sites is 1. The number of hydrogen-bond acceptors (Lipinski definition) is 4. The van der Waals surface area contributed by atoms with E-state index < -0.39 is 0 Å². The van der Waals surface area contributed by atoms with Crippen molar-refractivity contribution in [2.45, 2.75) is 38.1 Å². The predicted molar refractivity (Wildman–Crippen MR) is 75.5 cm³/mol. The molecule has 2 aliphatic carbocycles. The van der Waals surface area contributed by atoms with Crippen molar-refractivity contribution in [3.8, 4) is 5.69 Å². The van der Waals surface area contributed by atoms with Gasteiger partial charge in [0, 0.05) is 19.0 Å². The fourth-order valence-corrected chi connectivity index (χ4v) is 2.66. The van der Waals surface area contributed by atoms with Gasteiger partial charge in [-0.05, 0) is 53.7 Å². The molecule has 20 heavy (non-hydrogen) atoms. The van der Waals surface area contributed by atoms with Gasteiger partial charge in [-0.2, -0.15) is 4.68 Å². The van der Waals surface area contributed by atoms with Gasteiger partial charge in [-0.15, -0.1) is 5.10 Å². The van der Waals surface area contributed by atoms with Crippen molar-refractivity contribution in [2.75, 3.05) is 6.54 Å². The quantitative estimate of drug-likeness (QED) is 0.868. The molecule has 5 nitrogen and oxygen atoms in total. The van der Waals surface area contributed by atoms with Gasteiger partial charge in [0.1, 0.15) is 0 Å². The molecule has 0 radical (unpaired) electrons. The smallest absolute Gasteiger partial charge is 0.157 e. The van der Waals surface area contributed by atoms with E-state index in [0.717, 1.165) is 30.5 Å². The summed E-state index contributed by atoms with van der Waals surface area (Å²) < 4.78 is 1.87. The molecule has 0 amide bonds. The van der Waals surface area contributed by atoms with Crippen molar-refractivity contribution in [1.82, 2.24) is 25.5 Å². The van der Waals surface area contributed by atoms with Gasteiger partial charge in [-0.1, -0.05) is 18.2 Å². The van der Waals surface area contributed by atoms with Gasteiger partial charge in [0.05, 0.1) is 5.69 Å². The minimum Gasteiger partial charge on any atom is -0.313 e. The lowest BCUT2D eigenvalue weighted by Crippen LogP contribution is -2.28. The molecule has 0 bridgehead atoms. The summed E-state index contributed by atoms with van der Waals surface area (Å²) in [4.78, 5) is 0. The highest BCUT2D eigenvalue weighted by Crippen LogP contribution is 2.48. The van der Waals surface area contributed by atoms with Crippen LogP contribution >= 0.6 is 0 Å². The number of benzene rings is 1. The van der Waals surface area contributed by atoms with E-state index >= 15 is 0 Å². The molecule has 1 heterocycles. The van der Waals surface area contributed by atoms with E-state index in [4.69, 9.17) is 0 Å². The zero-order valence-corrected chi connectivity index (χ0v) is 11.5. The second-order valence-electron chi connectivity index (χ2n) is 6.17. The lowest BCUT2D eigenvalue weighted by molar-refractivity contribution is 0.440. The van der Waals surface area contributed by atoms with Crippen LogP contribution in [0.4, 0.5) is 0 Å². The molecule has 2 aromatic rings. The summed E-state index contributed by atoms with van der Waals surface area (Å²) in [6.45, 7) is 1.11. The van der Waals surface area contributed by atoms with Crippen molar-refractivity contribution in [3.05, 3.63) is 36.2 Å². The third-order valence-corrected chi connectivity index (χ3v) is 4.37. The summed E-state index contributed by atoms with van der Waals surface area (Å²) in [6, 6.07) is 10.9. The van der Waals surface area contributed by atoms with Crippen LogP contribution in [0.3, 0.4) is 0 Å². The van der Waals surface area contributed by atoms with Crippen LogP contribution in [0, 0.1) is 5.41 Å². The molecule has 0 saturated heterocycles. The van der Waals surface area contributed by atoms with Crippen LogP contribution in [-0.2, 0) is 6.42 Å². The second kappa shape index (κ2) is 4.66. The summed E-state index contributed by atoms with van der Waals surface area (Å²) in [5, 5.41) is 15.9. The molecular weight excluding hydrogens is 250 g/mol. The molecule has 2 fully saturated rings. The fraction of sp³-hybridized carbons (Fsp3) is 0.533. The summed E-state index contributed by atoms with van der Waals surface area (Å²) in [5.41, 5.74) is 1.43. The van der Waals surface area contributed by atoms with Gasteiger partial charge in [-0.25, -0.2) is 0 Å². The zero-order chi connectivity index (χ0) is 13.4. The minimum absolute atomic E-state index is 0.393. The Balaban J connectivity index is 1.50. The number of hydrogen-bond donors (Lipinski definition) is 1. The van der Waals surface area contributed by atoms with Gasteiger partial charge < -0.3 is 5.32 Å². The standard InChI is InChI=1S/C15H19N5/c1-2-4-13(5-3-1)20-14(17-18-19-20)10-15(8-9-15)11-16-12-6-7-12/h1-5,12,16H,6-11H2. The largest absolute Gasteiger partial charge is 0.313 e. The maximum absolute atomic E-state index is 4.23. The molecule has 0 atom stereocenters. The molecule has 1 N–H and O–H groups in total. The van der Waals surface area contributed by atoms with Crippen molar-refractivity contribution in [2.24, 2.45) is 5.41 Å². The number of aromatic nitrogens is 4. The van der Waals surface area contributed by atoms with Crippen molar-refractivity contribution in [3.63, 3.8) is 0 Å². The van der Waals surface area contributed by atoms with Crippen LogP contribution in [0.25, 0.3) is 5.69 Å². The van der Waals surface area contributed by atoms with Crippen LogP contribution in [0.2, 0.25) is 0 Å². The maximum Gasteiger partial charge on any atom is 0.157 e. The van der Waals surface area contributed by atoms with Crippen LogP contribution in [0.5, 0.6) is 0 Å². The maximum atomic E-state index is 4.23. The first-order valence-corrected chi connectivity index (χ1v) is 7.41. The molecule has 104 valence electrons. The zero-order valence-electron chi connectivity index (χ0n) is 11.5. The van der Waals surface area contributed by atoms with Crippen LogP contribution in [0.1, 0.15) is 31.5 Å². The van der Waals surface area contributed by atoms with Crippen LogP contribution in [0.15, 0.2) is 30.3 Å². The first-order valence-electron chi connectivity index (χ1n) is 7.41. The molecule has 5 heteroatoms. The van der Waals surface area contributed by atoms with Gasteiger partial charge in [0.25, 0.3) is 0 Å². The SMILES string of the molecule is c1ccc(-n2nnnc2CC2(CNC3CC3)CC2)cc1. The molecule has 0 spiro atoms. The van der Waals surface area contributed by atoms with E-state index in [1.807, 2.05) is 35.0 Å². The van der Waals surface area contributed by atoms with Gasteiger partial charge >= 0.3 is 0 Å². The highest BCUT2D eigenvalue weighted by molar-refractivity contribution is 5.30. The Morgan fingerprint density at radius 3 is 2.70 bits per heavy atom. The Hall–Kier alpha value is -1.75. The Bertz CT molecular complexity index is 583. The average Bonchev–Trinajstić information content (AvgIpc) is 3.38. The second-order valence-corrected chi connectivity index (χ2v) is 6.17. The van der Waals surface area contributed by atoms with Gasteiger partial charge in [0.2, 0.25) is 0 Å². The molecule has 0 unspecified atom stereocenters. The Morgan fingerprint density at radius 2 is 2.00 bits per heavy atom.